The summed E-state index contributed by atoms with van der Waals surface area (Å²) in [5, 5.41) is 13.9. The number of rotatable bonds is 6. The predicted molar refractivity (Wildman–Crippen MR) is 50.8 cm³/mol. The summed E-state index contributed by atoms with van der Waals surface area (Å²) in [4.78, 5) is 21.5. The Morgan fingerprint density at radius 2 is 2.14 bits per heavy atom. The summed E-state index contributed by atoms with van der Waals surface area (Å²) >= 11 is 0. The molecule has 1 saturated carbocycles. The normalized spacial score (nSPS) is 17.5. The van der Waals surface area contributed by atoms with Gasteiger partial charge in [-0.05, 0) is 32.2 Å². The van der Waals surface area contributed by atoms with Crippen LogP contribution in [-0.2, 0) is 9.59 Å². The lowest BCUT2D eigenvalue weighted by atomic mass is 10.3. The third kappa shape index (κ3) is 4.23. The quantitative estimate of drug-likeness (QED) is 0.544. The summed E-state index contributed by atoms with van der Waals surface area (Å²) in [7, 11) is 0. The average Bonchev–Trinajstić information content (AvgIpc) is 2.87. The number of hydrogen-bond donors (Lipinski definition) is 3. The molecule has 0 aromatic carbocycles. The number of carboxylic acid groups (broad SMARTS) is 1. The fourth-order valence-corrected chi connectivity index (χ4v) is 1.07. The van der Waals surface area contributed by atoms with Crippen molar-refractivity contribution < 1.29 is 14.7 Å². The Balaban J connectivity index is 2.05. The number of nitrogens with one attached hydrogen (secondary N) is 2. The van der Waals surface area contributed by atoms with Gasteiger partial charge in [0, 0.05) is 0 Å². The lowest BCUT2D eigenvalue weighted by molar-refractivity contribution is -0.141. The van der Waals surface area contributed by atoms with Crippen LogP contribution in [0.2, 0.25) is 0 Å². The minimum atomic E-state index is -1.01. The Hall–Kier alpha value is -1.10. The fourth-order valence-electron chi connectivity index (χ4n) is 1.07. The van der Waals surface area contributed by atoms with Crippen LogP contribution in [0.1, 0.15) is 19.8 Å². The van der Waals surface area contributed by atoms with Crippen LogP contribution in [0.5, 0.6) is 0 Å². The van der Waals surface area contributed by atoms with E-state index in [9.17, 15) is 9.59 Å². The highest BCUT2D eigenvalue weighted by molar-refractivity contribution is 5.84. The van der Waals surface area contributed by atoms with Crippen LogP contribution in [0.4, 0.5) is 0 Å². The number of carbonyl (C=O) groups excluding carboxylic acids is 1. The summed E-state index contributed by atoms with van der Waals surface area (Å²) in [6.45, 7) is 2.50. The lowest BCUT2D eigenvalue weighted by Gasteiger charge is -2.09. The maximum atomic E-state index is 11.1. The van der Waals surface area contributed by atoms with Crippen molar-refractivity contribution in [2.45, 2.75) is 25.8 Å². The van der Waals surface area contributed by atoms with Gasteiger partial charge in [-0.25, -0.2) is 0 Å². The van der Waals surface area contributed by atoms with E-state index in [0.29, 0.717) is 0 Å². The molecule has 1 rings (SSSR count). The minimum absolute atomic E-state index is 0.203. The van der Waals surface area contributed by atoms with Crippen molar-refractivity contribution >= 4 is 11.9 Å². The van der Waals surface area contributed by atoms with Crippen LogP contribution in [0.3, 0.4) is 0 Å². The van der Waals surface area contributed by atoms with Gasteiger partial charge in [-0.2, -0.15) is 0 Å². The smallest absolute Gasteiger partial charge is 0.325 e. The molecular formula is C9H16N2O3. The summed E-state index contributed by atoms with van der Waals surface area (Å²) in [6, 6.07) is -0.815. The van der Waals surface area contributed by atoms with E-state index in [1.54, 1.807) is 0 Å². The van der Waals surface area contributed by atoms with Crippen molar-refractivity contribution in [2.75, 3.05) is 13.1 Å². The average molecular weight is 200 g/mol. The van der Waals surface area contributed by atoms with Crippen LogP contribution >= 0.6 is 0 Å². The van der Waals surface area contributed by atoms with E-state index in [0.717, 1.165) is 12.5 Å². The molecule has 1 amide bonds. The predicted octanol–water partition coefficient (Wildman–Crippen LogP) is -0.425. The van der Waals surface area contributed by atoms with E-state index in [2.05, 4.69) is 10.6 Å². The molecule has 0 unspecified atom stereocenters. The van der Waals surface area contributed by atoms with Crippen molar-refractivity contribution in [1.82, 2.24) is 10.6 Å². The SMILES string of the molecule is C[C@H](NC(=O)CNCC1CC1)C(=O)O. The second-order valence-corrected chi connectivity index (χ2v) is 3.70. The monoisotopic (exact) mass is 200 g/mol. The van der Waals surface area contributed by atoms with Crippen LogP contribution in [0, 0.1) is 5.92 Å². The van der Waals surface area contributed by atoms with Crippen molar-refractivity contribution in [3.63, 3.8) is 0 Å². The Kier molecular flexibility index (Phi) is 3.88. The van der Waals surface area contributed by atoms with E-state index in [-0.39, 0.29) is 12.5 Å². The molecule has 5 nitrogen and oxygen atoms in total. The zero-order valence-electron chi connectivity index (χ0n) is 8.25. The fraction of sp³-hybridized carbons (Fsp3) is 0.778. The van der Waals surface area contributed by atoms with Gasteiger partial charge in [-0.15, -0.1) is 0 Å². The maximum Gasteiger partial charge on any atom is 0.325 e. The molecule has 3 N–H and O–H groups in total. The molecule has 0 spiro atoms. The topological polar surface area (TPSA) is 78.4 Å². The van der Waals surface area contributed by atoms with E-state index < -0.39 is 12.0 Å². The minimum Gasteiger partial charge on any atom is -0.480 e. The van der Waals surface area contributed by atoms with Crippen LogP contribution in [0.25, 0.3) is 0 Å². The van der Waals surface area contributed by atoms with Gasteiger partial charge >= 0.3 is 5.97 Å². The number of aliphatic carboxylic acids is 1. The molecule has 5 heteroatoms. The Labute approximate surface area is 82.9 Å². The van der Waals surface area contributed by atoms with Gasteiger partial charge in [-0.1, -0.05) is 0 Å². The van der Waals surface area contributed by atoms with E-state index in [4.69, 9.17) is 5.11 Å². The van der Waals surface area contributed by atoms with Crippen molar-refractivity contribution in [3.05, 3.63) is 0 Å². The van der Waals surface area contributed by atoms with Gasteiger partial charge in [0.15, 0.2) is 0 Å². The molecule has 14 heavy (non-hydrogen) atoms. The number of carbonyl (C=O) groups is 2. The van der Waals surface area contributed by atoms with Crippen molar-refractivity contribution in [3.8, 4) is 0 Å². The summed E-state index contributed by atoms with van der Waals surface area (Å²) in [5.74, 6) is -0.555. The molecule has 0 heterocycles. The molecule has 0 radical (unpaired) electrons. The van der Waals surface area contributed by atoms with Crippen molar-refractivity contribution in [2.24, 2.45) is 5.92 Å². The van der Waals surface area contributed by atoms with Gasteiger partial charge in [-0.3, -0.25) is 9.59 Å². The molecular weight excluding hydrogens is 184 g/mol. The first-order chi connectivity index (χ1) is 6.59. The zero-order chi connectivity index (χ0) is 10.6. The highest BCUT2D eigenvalue weighted by Crippen LogP contribution is 2.27. The van der Waals surface area contributed by atoms with Gasteiger partial charge < -0.3 is 15.7 Å². The molecule has 0 saturated heterocycles. The number of carboxylic acids is 1. The van der Waals surface area contributed by atoms with E-state index in [1.165, 1.54) is 19.8 Å². The molecule has 0 aliphatic heterocycles. The highest BCUT2D eigenvalue weighted by atomic mass is 16.4. The summed E-state index contributed by atoms with van der Waals surface area (Å²) < 4.78 is 0. The maximum absolute atomic E-state index is 11.1. The Morgan fingerprint density at radius 3 is 2.64 bits per heavy atom. The largest absolute Gasteiger partial charge is 0.480 e. The van der Waals surface area contributed by atoms with Crippen molar-refractivity contribution in [1.29, 1.82) is 0 Å². The molecule has 1 aliphatic carbocycles. The first-order valence-electron chi connectivity index (χ1n) is 4.82. The lowest BCUT2D eigenvalue weighted by Crippen LogP contribution is -2.43. The third-order valence-electron chi connectivity index (χ3n) is 2.16. The molecule has 1 atom stereocenters. The molecule has 1 fully saturated rings. The Bertz CT molecular complexity index is 226. The molecule has 0 aromatic heterocycles. The van der Waals surface area contributed by atoms with Gasteiger partial charge in [0.2, 0.25) is 5.91 Å². The zero-order valence-corrected chi connectivity index (χ0v) is 8.25. The number of amides is 1. The summed E-state index contributed by atoms with van der Waals surface area (Å²) in [5.41, 5.74) is 0. The van der Waals surface area contributed by atoms with Gasteiger partial charge in [0.1, 0.15) is 6.04 Å². The van der Waals surface area contributed by atoms with Gasteiger partial charge in [0.25, 0.3) is 0 Å². The molecule has 0 aromatic rings. The molecule has 80 valence electrons. The molecule has 1 aliphatic rings. The first kappa shape index (κ1) is 11.0. The standard InChI is InChI=1S/C9H16N2O3/c1-6(9(13)14)11-8(12)5-10-4-7-2-3-7/h6-7,10H,2-5H2,1H3,(H,11,12)(H,13,14)/t6-/m0/s1. The second kappa shape index (κ2) is 4.95. The van der Waals surface area contributed by atoms with Gasteiger partial charge in [0.05, 0.1) is 6.54 Å². The second-order valence-electron chi connectivity index (χ2n) is 3.70. The first-order valence-corrected chi connectivity index (χ1v) is 4.82. The number of hydrogen-bond acceptors (Lipinski definition) is 3. The highest BCUT2D eigenvalue weighted by Gasteiger charge is 2.21. The molecule has 0 bridgehead atoms. The van der Waals surface area contributed by atoms with E-state index >= 15 is 0 Å². The van der Waals surface area contributed by atoms with Crippen LogP contribution in [-0.4, -0.2) is 36.1 Å². The Morgan fingerprint density at radius 1 is 1.50 bits per heavy atom. The van der Waals surface area contributed by atoms with Crippen LogP contribution in [0.15, 0.2) is 0 Å². The van der Waals surface area contributed by atoms with E-state index in [1.807, 2.05) is 0 Å². The van der Waals surface area contributed by atoms with Crippen LogP contribution < -0.4 is 10.6 Å². The summed E-state index contributed by atoms with van der Waals surface area (Å²) in [6.07, 6.45) is 2.47. The third-order valence-corrected chi connectivity index (χ3v) is 2.16.